The molecule has 1 amide bonds. The topological polar surface area (TPSA) is 142 Å². The van der Waals surface area contributed by atoms with Crippen molar-refractivity contribution in [3.05, 3.63) is 79.0 Å². The number of carbonyl (C=O) groups excluding carboxylic acids is 2. The summed E-state index contributed by atoms with van der Waals surface area (Å²) in [5.74, 6) is 1.98. The zero-order chi connectivity index (χ0) is 39.3. The number of aromatic nitrogens is 6. The first-order chi connectivity index (χ1) is 26.2. The molecule has 1 aromatic carbocycles. The van der Waals surface area contributed by atoms with Gasteiger partial charge < -0.3 is 15.5 Å². The molecule has 7 rings (SSSR count). The molecule has 0 aliphatic carbocycles. The van der Waals surface area contributed by atoms with Crippen LogP contribution in [0, 0.1) is 5.92 Å². The number of anilines is 2. The van der Waals surface area contributed by atoms with Gasteiger partial charge in [0.05, 0.1) is 11.4 Å². The standard InChI is InChI=1S/C16H17ClN4O.C14H9F3N4O.C4H9N.C2H6S.C2H6.CH4/c17-10-14(22)12-4-8-21(9-5-12)15-3-2-13(11-20-15)16-18-6-1-7-19-16;15-14(16,17)12-5-8(3-4-18-12)13-10-6-9(19-7-22)1-2-11(10)20-21-13;1-2-4-5-3-1;1-3-2;1-2;/h1-3,6-7,11-12H,4-5,8-10H2;1-7H,(H,19,22)(H,20,21);5H,1-4H2;1-2H3;1-2H3;1H4. The number of nitrogens with one attached hydrogen (secondary N) is 3. The third-order valence-electron chi connectivity index (χ3n) is 8.05. The van der Waals surface area contributed by atoms with E-state index < -0.39 is 11.9 Å². The summed E-state index contributed by atoms with van der Waals surface area (Å²) in [5.41, 5.74) is 1.74. The molecule has 5 aromatic rings. The number of alkyl halides is 4. The summed E-state index contributed by atoms with van der Waals surface area (Å²) in [6, 6.07) is 13.1. The second-order valence-electron chi connectivity index (χ2n) is 11.7. The minimum atomic E-state index is -4.52. The van der Waals surface area contributed by atoms with Crippen LogP contribution in [0.4, 0.5) is 24.7 Å². The van der Waals surface area contributed by atoms with Gasteiger partial charge in [-0.15, -0.1) is 11.6 Å². The largest absolute Gasteiger partial charge is 0.433 e. The lowest BCUT2D eigenvalue weighted by atomic mass is 9.93. The Kier molecular flexibility index (Phi) is 20.9. The van der Waals surface area contributed by atoms with E-state index in [4.69, 9.17) is 11.6 Å². The van der Waals surface area contributed by atoms with Crippen LogP contribution in [0.1, 0.15) is 52.7 Å². The number of halogens is 4. The van der Waals surface area contributed by atoms with E-state index in [9.17, 15) is 22.8 Å². The van der Waals surface area contributed by atoms with Crippen LogP contribution in [-0.4, -0.2) is 86.9 Å². The van der Waals surface area contributed by atoms with E-state index in [1.807, 2.05) is 38.5 Å². The molecule has 2 fully saturated rings. The first kappa shape index (κ1) is 46.6. The lowest BCUT2D eigenvalue weighted by molar-refractivity contribution is -0.141. The predicted octanol–water partition coefficient (Wildman–Crippen LogP) is 8.79. The molecule has 16 heteroatoms. The number of ketones is 1. The van der Waals surface area contributed by atoms with Gasteiger partial charge in [0, 0.05) is 66.0 Å². The molecule has 298 valence electrons. The Bertz CT molecular complexity index is 1830. The normalized spacial score (nSPS) is 13.6. The monoisotopic (exact) mass is 801 g/mol. The summed E-state index contributed by atoms with van der Waals surface area (Å²) in [7, 11) is 0. The van der Waals surface area contributed by atoms with E-state index in [0.717, 1.165) is 49.6 Å². The van der Waals surface area contributed by atoms with Gasteiger partial charge in [0.1, 0.15) is 17.2 Å². The highest BCUT2D eigenvalue weighted by Crippen LogP contribution is 2.33. The molecule has 2 aliphatic rings. The molecule has 0 atom stereocenters. The van der Waals surface area contributed by atoms with E-state index in [-0.39, 0.29) is 30.6 Å². The molecule has 3 N–H and O–H groups in total. The van der Waals surface area contributed by atoms with Crippen LogP contribution in [-0.2, 0) is 15.8 Å². The summed E-state index contributed by atoms with van der Waals surface area (Å²) in [6.07, 6.45) is 10.9. The van der Waals surface area contributed by atoms with Crippen LogP contribution in [0.15, 0.2) is 73.3 Å². The molecular weight excluding hydrogens is 751 g/mol. The van der Waals surface area contributed by atoms with Crippen molar-refractivity contribution in [2.75, 3.05) is 54.8 Å². The lowest BCUT2D eigenvalue weighted by Gasteiger charge is -2.31. The van der Waals surface area contributed by atoms with Gasteiger partial charge >= 0.3 is 6.18 Å². The number of H-pyrrole nitrogens is 1. The number of hydrogen-bond donors (Lipinski definition) is 3. The van der Waals surface area contributed by atoms with Crippen molar-refractivity contribution in [2.24, 2.45) is 5.92 Å². The van der Waals surface area contributed by atoms with Gasteiger partial charge in [-0.2, -0.15) is 30.0 Å². The van der Waals surface area contributed by atoms with Crippen molar-refractivity contribution < 1.29 is 22.8 Å². The van der Waals surface area contributed by atoms with Gasteiger partial charge in [-0.3, -0.25) is 19.7 Å². The van der Waals surface area contributed by atoms with Gasteiger partial charge in [0.15, 0.2) is 11.6 Å². The molecule has 0 bridgehead atoms. The van der Waals surface area contributed by atoms with Crippen molar-refractivity contribution in [1.82, 2.24) is 35.5 Å². The van der Waals surface area contributed by atoms with Gasteiger partial charge in [0.25, 0.3) is 0 Å². The number of hydrogen-bond acceptors (Lipinski definition) is 10. The summed E-state index contributed by atoms with van der Waals surface area (Å²) in [6.45, 7) is 8.17. The summed E-state index contributed by atoms with van der Waals surface area (Å²) in [4.78, 5) is 40.6. The Hall–Kier alpha value is -4.60. The average molecular weight is 802 g/mol. The number of thioether (sulfide) groups is 1. The van der Waals surface area contributed by atoms with E-state index in [2.05, 4.69) is 45.7 Å². The minimum absolute atomic E-state index is 0. The summed E-state index contributed by atoms with van der Waals surface area (Å²) >= 11 is 7.38. The Labute approximate surface area is 330 Å². The van der Waals surface area contributed by atoms with Crippen molar-refractivity contribution in [3.63, 3.8) is 0 Å². The number of amides is 1. The Morgan fingerprint density at radius 3 is 2.18 bits per heavy atom. The van der Waals surface area contributed by atoms with E-state index in [0.29, 0.717) is 34.5 Å². The molecule has 2 saturated heterocycles. The zero-order valence-corrected chi connectivity index (χ0v) is 32.4. The van der Waals surface area contributed by atoms with Gasteiger partial charge in [-0.05, 0) is 99.8 Å². The molecule has 0 radical (unpaired) electrons. The van der Waals surface area contributed by atoms with Crippen molar-refractivity contribution in [2.45, 2.75) is 53.1 Å². The molecule has 55 heavy (non-hydrogen) atoms. The van der Waals surface area contributed by atoms with Crippen LogP contribution >= 0.6 is 23.4 Å². The molecular formula is C39H51ClF3N9O2S. The average Bonchev–Trinajstić information content (AvgIpc) is 3.94. The van der Waals surface area contributed by atoms with Crippen LogP contribution < -0.4 is 15.5 Å². The third-order valence-corrected chi connectivity index (χ3v) is 8.31. The predicted molar refractivity (Wildman–Crippen MR) is 220 cm³/mol. The molecule has 0 saturated carbocycles. The number of fused-ring (bicyclic) bond motifs is 1. The van der Waals surface area contributed by atoms with E-state index in [1.165, 1.54) is 32.0 Å². The third kappa shape index (κ3) is 14.5. The van der Waals surface area contributed by atoms with Gasteiger partial charge in [-0.1, -0.05) is 21.3 Å². The first-order valence-electron chi connectivity index (χ1n) is 17.6. The highest BCUT2D eigenvalue weighted by atomic mass is 35.5. The number of carbonyl (C=O) groups is 2. The van der Waals surface area contributed by atoms with E-state index >= 15 is 0 Å². The number of pyridine rings is 2. The minimum Gasteiger partial charge on any atom is -0.357 e. The highest BCUT2D eigenvalue weighted by Gasteiger charge is 2.33. The lowest BCUT2D eigenvalue weighted by Crippen LogP contribution is -2.37. The second kappa shape index (κ2) is 24.7. The number of aromatic amines is 1. The van der Waals surface area contributed by atoms with Crippen molar-refractivity contribution in [1.29, 1.82) is 0 Å². The van der Waals surface area contributed by atoms with Crippen LogP contribution in [0.25, 0.3) is 33.5 Å². The SMILES string of the molecule is C.C1CCNC1.CC.CSC.O=C(CCl)C1CCN(c2ccc(-c3ncccn3)cn2)CC1.O=CNc1ccc2[nH]nc(-c3ccnc(C(F)(F)F)c3)c2c1. The molecule has 6 heterocycles. The maximum absolute atomic E-state index is 12.7. The maximum atomic E-state index is 12.7. The van der Waals surface area contributed by atoms with Crippen LogP contribution in [0.3, 0.4) is 0 Å². The number of benzene rings is 1. The molecule has 11 nitrogen and oxygen atoms in total. The molecule has 4 aromatic heterocycles. The fourth-order valence-electron chi connectivity index (χ4n) is 5.44. The highest BCUT2D eigenvalue weighted by molar-refractivity contribution is 7.97. The zero-order valence-electron chi connectivity index (χ0n) is 30.9. The number of piperidine rings is 1. The molecule has 0 spiro atoms. The number of rotatable bonds is 7. The van der Waals surface area contributed by atoms with Crippen LogP contribution in [0.2, 0.25) is 0 Å². The van der Waals surface area contributed by atoms with Crippen molar-refractivity contribution in [3.8, 4) is 22.6 Å². The Balaban J connectivity index is 0.000000301. The number of nitrogens with zero attached hydrogens (tertiary/aromatic N) is 6. The fourth-order valence-corrected chi connectivity index (χ4v) is 5.66. The fraction of sp³-hybridized carbons (Fsp3) is 0.410. The quantitative estimate of drug-likeness (QED) is 0.108. The Morgan fingerprint density at radius 1 is 0.964 bits per heavy atom. The second-order valence-corrected chi connectivity index (χ2v) is 12.8. The maximum Gasteiger partial charge on any atom is 0.433 e. The van der Waals surface area contributed by atoms with E-state index in [1.54, 1.807) is 54.6 Å². The first-order valence-corrected chi connectivity index (χ1v) is 19.7. The summed E-state index contributed by atoms with van der Waals surface area (Å²) in [5, 5.41) is 13.1. The summed E-state index contributed by atoms with van der Waals surface area (Å²) < 4.78 is 38.2. The smallest absolute Gasteiger partial charge is 0.357 e. The molecule has 2 aliphatic heterocycles. The van der Waals surface area contributed by atoms with Crippen LogP contribution in [0.5, 0.6) is 0 Å². The van der Waals surface area contributed by atoms with Gasteiger partial charge in [-0.25, -0.2) is 15.0 Å². The number of Topliss-reactive ketones (excluding diaryl/α,β-unsaturated/α-hetero) is 1. The molecule has 0 unspecified atom stereocenters. The van der Waals surface area contributed by atoms with Gasteiger partial charge in [0.2, 0.25) is 6.41 Å². The Morgan fingerprint density at radius 2 is 1.64 bits per heavy atom. The van der Waals surface area contributed by atoms with Crippen molar-refractivity contribution >= 4 is 58.0 Å².